The Morgan fingerprint density at radius 1 is 1.12 bits per heavy atom. The average molecular weight is 454 g/mol. The van der Waals surface area contributed by atoms with Gasteiger partial charge in [-0.2, -0.15) is 18.4 Å². The molecule has 7 nitrogen and oxygen atoms in total. The Bertz CT molecular complexity index is 1280. The first-order valence-electron chi connectivity index (χ1n) is 11.0. The fourth-order valence-electron chi connectivity index (χ4n) is 5.74. The van der Waals surface area contributed by atoms with Crippen molar-refractivity contribution >= 4 is 16.6 Å². The summed E-state index contributed by atoms with van der Waals surface area (Å²) in [6, 6.07) is 8.94. The van der Waals surface area contributed by atoms with Crippen LogP contribution in [0, 0.1) is 16.7 Å². The highest BCUT2D eigenvalue weighted by atomic mass is 19.4. The maximum Gasteiger partial charge on any atom is 0.397 e. The van der Waals surface area contributed by atoms with Gasteiger partial charge in [0.05, 0.1) is 23.0 Å². The lowest BCUT2D eigenvalue weighted by Crippen LogP contribution is -2.34. The first kappa shape index (κ1) is 20.4. The van der Waals surface area contributed by atoms with E-state index < -0.39 is 17.0 Å². The van der Waals surface area contributed by atoms with E-state index in [0.29, 0.717) is 34.6 Å². The largest absolute Gasteiger partial charge is 0.423 e. The van der Waals surface area contributed by atoms with E-state index in [1.807, 2.05) is 0 Å². The van der Waals surface area contributed by atoms with E-state index in [4.69, 9.17) is 4.42 Å². The van der Waals surface area contributed by atoms with Crippen molar-refractivity contribution in [2.45, 2.75) is 37.4 Å². The highest BCUT2D eigenvalue weighted by molar-refractivity contribution is 5.95. The summed E-state index contributed by atoms with van der Waals surface area (Å²) in [6.07, 6.45) is -0.688. The van der Waals surface area contributed by atoms with Gasteiger partial charge in [0.15, 0.2) is 0 Å². The van der Waals surface area contributed by atoms with Crippen molar-refractivity contribution in [3.63, 3.8) is 0 Å². The molecule has 1 aliphatic carbocycles. The predicted octanol–water partition coefficient (Wildman–Crippen LogP) is 3.80. The van der Waals surface area contributed by atoms with Gasteiger partial charge >= 0.3 is 6.18 Å². The Hall–Kier alpha value is -3.19. The average Bonchev–Trinajstić information content (AvgIpc) is 3.27. The number of pyridine rings is 1. The summed E-state index contributed by atoms with van der Waals surface area (Å²) in [5.41, 5.74) is -1.69. The number of hydrogen-bond donors (Lipinski definition) is 0. The molecule has 1 aromatic carbocycles. The molecule has 4 heterocycles. The summed E-state index contributed by atoms with van der Waals surface area (Å²) in [5, 5.41) is 18.3. The lowest BCUT2D eigenvalue weighted by Gasteiger charge is -2.25. The van der Waals surface area contributed by atoms with Crippen molar-refractivity contribution in [2.24, 2.45) is 5.41 Å². The molecule has 1 saturated carbocycles. The zero-order valence-corrected chi connectivity index (χ0v) is 17.8. The summed E-state index contributed by atoms with van der Waals surface area (Å²) in [6.45, 7) is 2.26. The van der Waals surface area contributed by atoms with E-state index in [-0.39, 0.29) is 25.4 Å². The molecule has 2 saturated heterocycles. The minimum Gasteiger partial charge on any atom is -0.423 e. The standard InChI is InChI=1S/C23H21F3N6O/c24-23(25,26)22-12-21(22,20-30-29-18(33-20)11-31-8-1-2-9-31)13-32(14-22)17-6-5-15(10-27)19-16(17)4-3-7-28-19/h3-7H,1-2,8-9,11-14H2/t21-,22-/m0/s1. The minimum absolute atomic E-state index is 0.0577. The van der Waals surface area contributed by atoms with E-state index in [1.165, 1.54) is 0 Å². The molecule has 10 heteroatoms. The number of fused-ring (bicyclic) bond motifs is 2. The van der Waals surface area contributed by atoms with Gasteiger partial charge in [0.2, 0.25) is 11.8 Å². The number of halogens is 3. The number of nitrogens with zero attached hydrogens (tertiary/aromatic N) is 6. The number of aromatic nitrogens is 3. The second kappa shape index (κ2) is 6.90. The van der Waals surface area contributed by atoms with Crippen LogP contribution >= 0.6 is 0 Å². The van der Waals surface area contributed by atoms with Crippen molar-refractivity contribution < 1.29 is 17.6 Å². The third kappa shape index (κ3) is 2.88. The summed E-state index contributed by atoms with van der Waals surface area (Å²) in [4.78, 5) is 8.20. The number of hydrogen-bond acceptors (Lipinski definition) is 7. The van der Waals surface area contributed by atoms with E-state index in [1.54, 1.807) is 35.4 Å². The van der Waals surface area contributed by atoms with Crippen molar-refractivity contribution in [1.82, 2.24) is 20.1 Å². The van der Waals surface area contributed by atoms with Crippen LogP contribution < -0.4 is 4.90 Å². The molecule has 170 valence electrons. The summed E-state index contributed by atoms with van der Waals surface area (Å²) in [7, 11) is 0. The minimum atomic E-state index is -4.41. The maximum atomic E-state index is 14.4. The van der Waals surface area contributed by atoms with Crippen LogP contribution in [-0.4, -0.2) is 52.4 Å². The highest BCUT2D eigenvalue weighted by Crippen LogP contribution is 2.75. The quantitative estimate of drug-likeness (QED) is 0.593. The lowest BCUT2D eigenvalue weighted by molar-refractivity contribution is -0.187. The predicted molar refractivity (Wildman–Crippen MR) is 112 cm³/mol. The molecule has 2 aliphatic heterocycles. The molecule has 2 atom stereocenters. The van der Waals surface area contributed by atoms with E-state index >= 15 is 0 Å². The molecule has 2 aromatic heterocycles. The zero-order valence-electron chi connectivity index (χ0n) is 17.8. The third-order valence-corrected chi connectivity index (χ3v) is 7.50. The summed E-state index contributed by atoms with van der Waals surface area (Å²) < 4.78 is 49.0. The van der Waals surface area contributed by atoms with Gasteiger partial charge < -0.3 is 9.32 Å². The van der Waals surface area contributed by atoms with Gasteiger partial charge in [0.25, 0.3) is 0 Å². The molecule has 33 heavy (non-hydrogen) atoms. The van der Waals surface area contributed by atoms with Gasteiger partial charge in [-0.05, 0) is 56.6 Å². The molecule has 0 radical (unpaired) electrons. The number of rotatable bonds is 4. The zero-order chi connectivity index (χ0) is 22.8. The van der Waals surface area contributed by atoms with Gasteiger partial charge in [0.1, 0.15) is 11.5 Å². The Kier molecular flexibility index (Phi) is 4.27. The Morgan fingerprint density at radius 2 is 1.94 bits per heavy atom. The van der Waals surface area contributed by atoms with E-state index in [0.717, 1.165) is 25.9 Å². The van der Waals surface area contributed by atoms with Crippen LogP contribution in [-0.2, 0) is 12.0 Å². The molecule has 6 rings (SSSR count). The number of alkyl halides is 3. The van der Waals surface area contributed by atoms with Gasteiger partial charge in [-0.25, -0.2) is 0 Å². The van der Waals surface area contributed by atoms with Crippen LogP contribution in [0.25, 0.3) is 10.9 Å². The summed E-state index contributed by atoms with van der Waals surface area (Å²) in [5.74, 6) is 0.448. The van der Waals surface area contributed by atoms with Crippen LogP contribution in [0.2, 0.25) is 0 Å². The number of anilines is 1. The fourth-order valence-corrected chi connectivity index (χ4v) is 5.74. The van der Waals surface area contributed by atoms with Crippen molar-refractivity contribution in [1.29, 1.82) is 5.26 Å². The Morgan fingerprint density at radius 3 is 2.70 bits per heavy atom. The number of piperidine rings is 1. The number of likely N-dealkylation sites (tertiary alicyclic amines) is 1. The highest BCUT2D eigenvalue weighted by Gasteiger charge is 2.86. The first-order valence-corrected chi connectivity index (χ1v) is 11.0. The van der Waals surface area contributed by atoms with Crippen molar-refractivity contribution in [2.75, 3.05) is 31.1 Å². The van der Waals surface area contributed by atoms with Gasteiger partial charge in [0, 0.05) is 30.4 Å². The first-order chi connectivity index (χ1) is 15.9. The molecule has 0 amide bonds. The van der Waals surface area contributed by atoms with Crippen molar-refractivity contribution in [3.05, 3.63) is 47.8 Å². The molecule has 0 bridgehead atoms. The Balaban J connectivity index is 1.37. The van der Waals surface area contributed by atoms with Gasteiger partial charge in [-0.3, -0.25) is 9.88 Å². The molecular weight excluding hydrogens is 433 g/mol. The van der Waals surface area contributed by atoms with E-state index in [2.05, 4.69) is 26.2 Å². The molecule has 3 aromatic rings. The number of nitriles is 1. The van der Waals surface area contributed by atoms with Gasteiger partial charge in [-0.1, -0.05) is 0 Å². The van der Waals surface area contributed by atoms with Crippen LogP contribution in [0.15, 0.2) is 34.9 Å². The van der Waals surface area contributed by atoms with E-state index in [9.17, 15) is 18.4 Å². The second-order valence-corrected chi connectivity index (χ2v) is 9.32. The number of benzene rings is 1. The second-order valence-electron chi connectivity index (χ2n) is 9.32. The molecule has 0 N–H and O–H groups in total. The molecule has 0 unspecified atom stereocenters. The van der Waals surface area contributed by atoms with Gasteiger partial charge in [-0.15, -0.1) is 10.2 Å². The SMILES string of the molecule is N#Cc1ccc(N2C[C@]3(c4nnc(CN5CCCC5)o4)C[C@]3(C(F)(F)F)C2)c2cccnc12. The van der Waals surface area contributed by atoms with Crippen LogP contribution in [0.5, 0.6) is 0 Å². The van der Waals surface area contributed by atoms with Crippen molar-refractivity contribution in [3.8, 4) is 6.07 Å². The normalized spacial score (nSPS) is 27.2. The molecule has 0 spiro atoms. The lowest BCUT2D eigenvalue weighted by atomic mass is 9.95. The van der Waals surface area contributed by atoms with Crippen LogP contribution in [0.1, 0.15) is 36.6 Å². The Labute approximate surface area is 187 Å². The molecular formula is C23H21F3N6O. The third-order valence-electron chi connectivity index (χ3n) is 7.50. The maximum absolute atomic E-state index is 14.4. The van der Waals surface area contributed by atoms with Crippen LogP contribution in [0.4, 0.5) is 18.9 Å². The summed E-state index contributed by atoms with van der Waals surface area (Å²) >= 11 is 0. The fraction of sp³-hybridized carbons (Fsp3) is 0.478. The molecule has 3 aliphatic rings. The molecule has 3 fully saturated rings. The smallest absolute Gasteiger partial charge is 0.397 e. The van der Waals surface area contributed by atoms with Crippen LogP contribution in [0.3, 0.4) is 0 Å². The monoisotopic (exact) mass is 454 g/mol. The topological polar surface area (TPSA) is 82.1 Å².